The second-order valence-corrected chi connectivity index (χ2v) is 13.5. The summed E-state index contributed by atoms with van der Waals surface area (Å²) in [6, 6.07) is 19.8. The van der Waals surface area contributed by atoms with Crippen molar-refractivity contribution in [3.63, 3.8) is 0 Å². The third-order valence-corrected chi connectivity index (χ3v) is 8.61. The van der Waals surface area contributed by atoms with E-state index in [1.54, 1.807) is 71.9 Å². The maximum Gasteiger partial charge on any atom is 0.326 e. The highest BCUT2D eigenvalue weighted by atomic mass is 16.6. The highest BCUT2D eigenvalue weighted by Gasteiger charge is 2.47. The van der Waals surface area contributed by atoms with Crippen LogP contribution in [0.3, 0.4) is 0 Å². The van der Waals surface area contributed by atoms with E-state index in [1.165, 1.54) is 7.11 Å². The highest BCUT2D eigenvalue weighted by molar-refractivity contribution is 5.87. The first-order valence-corrected chi connectivity index (χ1v) is 16.9. The molecule has 1 aliphatic heterocycles. The summed E-state index contributed by atoms with van der Waals surface area (Å²) in [6.07, 6.45) is -1.22. The number of carbonyl (C=O) groups is 3. The number of ether oxygens (including phenoxy) is 6. The minimum atomic E-state index is -1.44. The van der Waals surface area contributed by atoms with Gasteiger partial charge in [-0.05, 0) is 87.7 Å². The quantitative estimate of drug-likeness (QED) is 0.0826. The van der Waals surface area contributed by atoms with E-state index >= 15 is 0 Å². The Balaban J connectivity index is 1.72. The van der Waals surface area contributed by atoms with Crippen molar-refractivity contribution in [3.05, 3.63) is 99.9 Å². The van der Waals surface area contributed by atoms with Crippen LogP contribution in [0.15, 0.2) is 77.9 Å². The van der Waals surface area contributed by atoms with Crippen molar-refractivity contribution in [3.8, 4) is 17.2 Å². The van der Waals surface area contributed by atoms with Crippen LogP contribution in [0.4, 0.5) is 0 Å². The molecule has 1 saturated heterocycles. The van der Waals surface area contributed by atoms with Crippen LogP contribution in [0, 0.1) is 0 Å². The van der Waals surface area contributed by atoms with Gasteiger partial charge in [-0.15, -0.1) is 0 Å². The third-order valence-electron chi connectivity index (χ3n) is 8.61. The topological polar surface area (TPSA) is 171 Å². The number of amides is 1. The molecule has 0 saturated carbocycles. The molecule has 3 aromatic rings. The first kappa shape index (κ1) is 39.5. The maximum absolute atomic E-state index is 13.5. The van der Waals surface area contributed by atoms with Gasteiger partial charge in [0.1, 0.15) is 48.5 Å². The summed E-state index contributed by atoms with van der Waals surface area (Å²) in [5.41, 5.74) is 9.58. The largest absolute Gasteiger partial charge is 0.497 e. The molecule has 0 radical (unpaired) electrons. The van der Waals surface area contributed by atoms with Crippen molar-refractivity contribution in [2.45, 2.75) is 83.3 Å². The second kappa shape index (κ2) is 17.3. The minimum absolute atomic E-state index is 0.197. The van der Waals surface area contributed by atoms with Gasteiger partial charge < -0.3 is 33.7 Å². The smallest absolute Gasteiger partial charge is 0.326 e. The Bertz CT molecular complexity index is 1740. The van der Waals surface area contributed by atoms with Gasteiger partial charge in [0.15, 0.2) is 17.5 Å². The molecule has 52 heavy (non-hydrogen) atoms. The van der Waals surface area contributed by atoms with Gasteiger partial charge in [0.05, 0.1) is 14.2 Å². The number of rotatable bonds is 15. The van der Waals surface area contributed by atoms with Crippen LogP contribution in [0.25, 0.3) is 10.4 Å². The number of azide groups is 1. The molecule has 4 rings (SSSR count). The van der Waals surface area contributed by atoms with Crippen LogP contribution in [-0.2, 0) is 35.2 Å². The number of esters is 2. The molecular formula is C38H47N5O9. The molecule has 1 heterocycles. The Kier molecular flexibility index (Phi) is 13.1. The molecule has 0 aromatic heterocycles. The van der Waals surface area contributed by atoms with Gasteiger partial charge in [0.2, 0.25) is 5.91 Å². The first-order valence-electron chi connectivity index (χ1n) is 16.9. The molecule has 5 atom stereocenters. The molecule has 278 valence electrons. The zero-order chi connectivity index (χ0) is 38.1. The number of benzene rings is 3. The Morgan fingerprint density at radius 2 is 1.65 bits per heavy atom. The maximum atomic E-state index is 13.5. The zero-order valence-corrected chi connectivity index (χ0v) is 30.8. The Labute approximate surface area is 303 Å². The molecule has 14 nitrogen and oxygen atoms in total. The number of methoxy groups -OCH3 is 2. The molecule has 3 aromatic carbocycles. The van der Waals surface area contributed by atoms with Crippen LogP contribution in [0.2, 0.25) is 0 Å². The van der Waals surface area contributed by atoms with Crippen molar-refractivity contribution >= 4 is 17.8 Å². The van der Waals surface area contributed by atoms with Crippen molar-refractivity contribution in [2.75, 3.05) is 27.8 Å². The fourth-order valence-corrected chi connectivity index (χ4v) is 5.77. The van der Waals surface area contributed by atoms with E-state index in [9.17, 15) is 19.9 Å². The SMILES string of the molecule is CC[C@](C)(Oc1cc([C@H]2OC(c3ccc(OC)cc3)N(C)[C@@H]2C(=O)OC)ccc1OCc1ccccc1)[C@H](N=[N+]=[N-])C(=O)NCC(=O)OC(C)(C)C. The van der Waals surface area contributed by atoms with Crippen LogP contribution in [0.1, 0.15) is 70.1 Å². The van der Waals surface area contributed by atoms with E-state index in [-0.39, 0.29) is 18.8 Å². The van der Waals surface area contributed by atoms with Gasteiger partial charge in [-0.25, -0.2) is 0 Å². The van der Waals surface area contributed by atoms with Gasteiger partial charge in [0, 0.05) is 4.91 Å². The van der Waals surface area contributed by atoms with E-state index in [2.05, 4.69) is 15.3 Å². The number of hydrogen-bond acceptors (Lipinski definition) is 11. The molecule has 1 fully saturated rings. The monoisotopic (exact) mass is 717 g/mol. The normalized spacial score (nSPS) is 19.0. The number of nitrogens with zero attached hydrogens (tertiary/aromatic N) is 4. The standard InChI is InChI=1S/C38H47N5O9/c1-9-38(5,33(41-42-39)34(45)40-22-30(44)52-37(2,3)4)51-29-21-26(17-20-28(29)49-23-24-13-11-10-12-14-24)32-31(36(46)48-8)43(6)35(50-32)25-15-18-27(47-7)19-16-25/h10-21,31-33,35H,9,22-23H2,1-8H3,(H,40,45)/t31-,32+,33+,35?,38-/m0/s1. The van der Waals surface area contributed by atoms with Gasteiger partial charge >= 0.3 is 11.9 Å². The van der Waals surface area contributed by atoms with Gasteiger partial charge in [-0.1, -0.05) is 60.6 Å². The average Bonchev–Trinajstić information content (AvgIpc) is 3.48. The lowest BCUT2D eigenvalue weighted by molar-refractivity contribution is -0.155. The molecule has 0 spiro atoms. The average molecular weight is 718 g/mol. The van der Waals surface area contributed by atoms with Crippen LogP contribution in [0.5, 0.6) is 17.2 Å². The van der Waals surface area contributed by atoms with Crippen LogP contribution >= 0.6 is 0 Å². The summed E-state index contributed by atoms with van der Waals surface area (Å²) in [6.45, 7) is 8.30. The summed E-state index contributed by atoms with van der Waals surface area (Å²) in [5, 5.41) is 6.32. The molecule has 0 aliphatic carbocycles. The number of nitrogens with one attached hydrogen (secondary N) is 1. The Morgan fingerprint density at radius 3 is 2.25 bits per heavy atom. The van der Waals surface area contributed by atoms with Gasteiger partial charge in [-0.3, -0.25) is 19.3 Å². The fraction of sp³-hybridized carbons (Fsp3) is 0.447. The van der Waals surface area contributed by atoms with E-state index in [4.69, 9.17) is 28.4 Å². The van der Waals surface area contributed by atoms with E-state index < -0.39 is 60.0 Å². The van der Waals surface area contributed by atoms with E-state index in [0.29, 0.717) is 17.1 Å². The summed E-state index contributed by atoms with van der Waals surface area (Å²) in [7, 11) is 4.68. The summed E-state index contributed by atoms with van der Waals surface area (Å²) in [5.74, 6) is -0.676. The van der Waals surface area contributed by atoms with Gasteiger partial charge in [0.25, 0.3) is 0 Å². The number of carbonyl (C=O) groups excluding carboxylic acids is 3. The molecular weight excluding hydrogens is 670 g/mol. The predicted molar refractivity (Wildman–Crippen MR) is 191 cm³/mol. The molecule has 14 heteroatoms. The van der Waals surface area contributed by atoms with Crippen molar-refractivity contribution in [2.24, 2.45) is 5.11 Å². The summed E-state index contributed by atoms with van der Waals surface area (Å²) >= 11 is 0. The molecule has 0 bridgehead atoms. The van der Waals surface area contributed by atoms with Crippen molar-refractivity contribution < 1.29 is 42.8 Å². The van der Waals surface area contributed by atoms with Gasteiger partial charge in [-0.2, -0.15) is 0 Å². The lowest BCUT2D eigenvalue weighted by Crippen LogP contribution is -2.52. The highest BCUT2D eigenvalue weighted by Crippen LogP contribution is 2.45. The summed E-state index contributed by atoms with van der Waals surface area (Å²) in [4.78, 5) is 43.8. The summed E-state index contributed by atoms with van der Waals surface area (Å²) < 4.78 is 35.2. The molecule has 1 amide bonds. The number of hydrogen-bond donors (Lipinski definition) is 1. The minimum Gasteiger partial charge on any atom is -0.497 e. The molecule has 1 aliphatic rings. The lowest BCUT2D eigenvalue weighted by atomic mass is 9.92. The van der Waals surface area contributed by atoms with Crippen LogP contribution in [-0.4, -0.2) is 73.8 Å². The Hall–Kier alpha value is -5.30. The van der Waals surface area contributed by atoms with E-state index in [1.807, 2.05) is 54.6 Å². The van der Waals surface area contributed by atoms with E-state index in [0.717, 1.165) is 11.1 Å². The predicted octanol–water partition coefficient (Wildman–Crippen LogP) is 6.20. The Morgan fingerprint density at radius 1 is 0.981 bits per heavy atom. The fourth-order valence-electron chi connectivity index (χ4n) is 5.77. The lowest BCUT2D eigenvalue weighted by Gasteiger charge is -2.35. The van der Waals surface area contributed by atoms with Crippen molar-refractivity contribution in [1.29, 1.82) is 0 Å². The van der Waals surface area contributed by atoms with Crippen LogP contribution < -0.4 is 19.5 Å². The molecule has 1 N–H and O–H groups in total. The molecule has 1 unspecified atom stereocenters. The number of likely N-dealkylation sites (N-methyl/N-ethyl adjacent to an activating group) is 1. The second-order valence-electron chi connectivity index (χ2n) is 13.5. The zero-order valence-electron chi connectivity index (χ0n) is 30.8. The first-order chi connectivity index (χ1) is 24.7. The van der Waals surface area contributed by atoms with Crippen molar-refractivity contribution in [1.82, 2.24) is 10.2 Å². The third kappa shape index (κ3) is 9.72.